The molecule has 1 aliphatic carbocycles. The first-order chi connectivity index (χ1) is 16.6. The van der Waals surface area contributed by atoms with E-state index in [1.54, 1.807) is 4.90 Å². The Balaban J connectivity index is 1.67. The van der Waals surface area contributed by atoms with Crippen LogP contribution in [0.4, 0.5) is 0 Å². The van der Waals surface area contributed by atoms with Crippen molar-refractivity contribution in [3.63, 3.8) is 0 Å². The molecule has 176 valence electrons. The SMILES string of the molecule is NC(=O)C(c1ccccc1)(C1CCCCC1)N(Cc1ccc2c(c1)OCO2)C(=O)c1cnsn1. The summed E-state index contributed by atoms with van der Waals surface area (Å²) in [6.45, 7) is 0.310. The van der Waals surface area contributed by atoms with Crippen LogP contribution in [0.5, 0.6) is 11.5 Å². The normalized spacial score (nSPS) is 17.2. The van der Waals surface area contributed by atoms with Gasteiger partial charge >= 0.3 is 0 Å². The Kier molecular flexibility index (Phi) is 6.19. The van der Waals surface area contributed by atoms with E-state index in [4.69, 9.17) is 15.2 Å². The molecule has 0 bridgehead atoms. The minimum atomic E-state index is -1.33. The van der Waals surface area contributed by atoms with E-state index >= 15 is 0 Å². The first-order valence-corrected chi connectivity index (χ1v) is 12.2. The number of rotatable bonds is 7. The third-order valence-electron chi connectivity index (χ3n) is 6.81. The average molecular weight is 479 g/mol. The summed E-state index contributed by atoms with van der Waals surface area (Å²) in [6.07, 6.45) is 6.12. The van der Waals surface area contributed by atoms with Gasteiger partial charge in [-0.05, 0) is 42.0 Å². The summed E-state index contributed by atoms with van der Waals surface area (Å²) in [6, 6.07) is 15.0. The van der Waals surface area contributed by atoms with Gasteiger partial charge in [0, 0.05) is 6.54 Å². The molecule has 1 fully saturated rings. The predicted octanol–water partition coefficient (Wildman–Crippen LogP) is 3.87. The smallest absolute Gasteiger partial charge is 0.276 e. The summed E-state index contributed by atoms with van der Waals surface area (Å²) in [5.41, 5.74) is 6.64. The quantitative estimate of drug-likeness (QED) is 0.552. The fourth-order valence-electron chi connectivity index (χ4n) is 5.28. The third kappa shape index (κ3) is 3.90. The van der Waals surface area contributed by atoms with Crippen LogP contribution in [0, 0.1) is 5.92 Å². The molecule has 1 saturated carbocycles. The molecule has 2 heterocycles. The molecule has 2 aromatic carbocycles. The lowest BCUT2D eigenvalue weighted by Gasteiger charge is -2.48. The largest absolute Gasteiger partial charge is 0.454 e. The topological polar surface area (TPSA) is 108 Å². The zero-order chi connectivity index (χ0) is 23.5. The van der Waals surface area contributed by atoms with E-state index in [9.17, 15) is 9.59 Å². The Labute approximate surface area is 202 Å². The van der Waals surface area contributed by atoms with Crippen molar-refractivity contribution >= 4 is 23.5 Å². The lowest BCUT2D eigenvalue weighted by molar-refractivity contribution is -0.135. The molecule has 5 rings (SSSR count). The van der Waals surface area contributed by atoms with Crippen molar-refractivity contribution in [1.82, 2.24) is 13.6 Å². The highest BCUT2D eigenvalue weighted by molar-refractivity contribution is 6.99. The lowest BCUT2D eigenvalue weighted by atomic mass is 9.69. The summed E-state index contributed by atoms with van der Waals surface area (Å²) >= 11 is 0.958. The summed E-state index contributed by atoms with van der Waals surface area (Å²) in [7, 11) is 0. The van der Waals surface area contributed by atoms with Gasteiger partial charge in [0.1, 0.15) is 5.54 Å². The van der Waals surface area contributed by atoms with E-state index < -0.39 is 11.4 Å². The van der Waals surface area contributed by atoms with Crippen molar-refractivity contribution in [3.05, 3.63) is 71.5 Å². The highest BCUT2D eigenvalue weighted by atomic mass is 32.1. The molecule has 34 heavy (non-hydrogen) atoms. The van der Waals surface area contributed by atoms with Crippen molar-refractivity contribution in [2.45, 2.75) is 44.2 Å². The lowest BCUT2D eigenvalue weighted by Crippen LogP contribution is -2.61. The van der Waals surface area contributed by atoms with Crippen LogP contribution in [-0.2, 0) is 16.9 Å². The van der Waals surface area contributed by atoms with Gasteiger partial charge in [0.05, 0.1) is 17.9 Å². The first-order valence-electron chi connectivity index (χ1n) is 11.4. The molecule has 1 aliphatic heterocycles. The van der Waals surface area contributed by atoms with Crippen LogP contribution in [-0.4, -0.2) is 32.3 Å². The molecule has 3 aromatic rings. The summed E-state index contributed by atoms with van der Waals surface area (Å²) in [5, 5.41) is 0. The minimum Gasteiger partial charge on any atom is -0.454 e. The standard InChI is InChI=1S/C25H26N4O4S/c26-24(31)25(18-7-3-1-4-8-18,19-9-5-2-6-10-19)29(23(30)20-14-27-34-28-20)15-17-11-12-21-22(13-17)33-16-32-21/h1,3-4,7-8,11-14,19H,2,5-6,9-10,15-16H2,(H2,26,31). The van der Waals surface area contributed by atoms with Crippen molar-refractivity contribution in [2.24, 2.45) is 11.7 Å². The van der Waals surface area contributed by atoms with E-state index in [1.165, 1.54) is 6.20 Å². The summed E-state index contributed by atoms with van der Waals surface area (Å²) < 4.78 is 19.2. The van der Waals surface area contributed by atoms with Gasteiger partial charge in [-0.3, -0.25) is 9.59 Å². The number of hydrogen-bond donors (Lipinski definition) is 1. The van der Waals surface area contributed by atoms with Crippen molar-refractivity contribution in [3.8, 4) is 11.5 Å². The molecule has 0 radical (unpaired) electrons. The maximum atomic E-state index is 14.0. The van der Waals surface area contributed by atoms with Crippen LogP contribution in [0.2, 0.25) is 0 Å². The van der Waals surface area contributed by atoms with E-state index in [0.717, 1.165) is 49.4 Å². The van der Waals surface area contributed by atoms with Gasteiger partial charge < -0.3 is 20.1 Å². The van der Waals surface area contributed by atoms with Crippen LogP contribution in [0.15, 0.2) is 54.7 Å². The van der Waals surface area contributed by atoms with Crippen LogP contribution in [0.1, 0.15) is 53.7 Å². The number of ether oxygens (including phenoxy) is 2. The zero-order valence-electron chi connectivity index (χ0n) is 18.7. The molecule has 1 atom stereocenters. The fourth-order valence-corrected chi connectivity index (χ4v) is 5.68. The number of aromatic nitrogens is 2. The van der Waals surface area contributed by atoms with Crippen LogP contribution in [0.25, 0.3) is 0 Å². The maximum absolute atomic E-state index is 14.0. The van der Waals surface area contributed by atoms with Gasteiger partial charge in [-0.15, -0.1) is 0 Å². The molecule has 9 heteroatoms. The highest BCUT2D eigenvalue weighted by Gasteiger charge is 2.53. The molecule has 8 nitrogen and oxygen atoms in total. The third-order valence-corrected chi connectivity index (χ3v) is 7.29. The second-order valence-corrected chi connectivity index (χ2v) is 9.26. The molecule has 0 saturated heterocycles. The van der Waals surface area contributed by atoms with Gasteiger partial charge in [-0.1, -0.05) is 55.7 Å². The van der Waals surface area contributed by atoms with Gasteiger partial charge in [-0.2, -0.15) is 8.75 Å². The fraction of sp³-hybridized carbons (Fsp3) is 0.360. The Bertz CT molecular complexity index is 1160. The minimum absolute atomic E-state index is 0.120. The number of nitrogens with two attached hydrogens (primary N) is 1. The molecule has 0 spiro atoms. The van der Waals surface area contributed by atoms with Crippen molar-refractivity contribution in [1.29, 1.82) is 0 Å². The second-order valence-electron chi connectivity index (χ2n) is 8.70. The average Bonchev–Trinajstić information content (AvgIpc) is 3.57. The molecular formula is C25H26N4O4S. The van der Waals surface area contributed by atoms with E-state index in [0.29, 0.717) is 17.1 Å². The van der Waals surface area contributed by atoms with E-state index in [1.807, 2.05) is 48.5 Å². The maximum Gasteiger partial charge on any atom is 0.276 e. The highest BCUT2D eigenvalue weighted by Crippen LogP contribution is 2.45. The summed E-state index contributed by atoms with van der Waals surface area (Å²) in [5.74, 6) is 0.234. The second kappa shape index (κ2) is 9.42. The molecule has 2 aliphatic rings. The predicted molar refractivity (Wildman–Crippen MR) is 126 cm³/mol. The van der Waals surface area contributed by atoms with Gasteiger partial charge in [0.2, 0.25) is 12.7 Å². The van der Waals surface area contributed by atoms with Gasteiger partial charge in [0.25, 0.3) is 5.91 Å². The van der Waals surface area contributed by atoms with Crippen LogP contribution in [0.3, 0.4) is 0 Å². The number of carbonyl (C=O) groups is 2. The molecule has 1 unspecified atom stereocenters. The number of fused-ring (bicyclic) bond motifs is 1. The van der Waals surface area contributed by atoms with E-state index in [2.05, 4.69) is 8.75 Å². The molecule has 1 aromatic heterocycles. The molecule has 2 N–H and O–H groups in total. The number of hydrogen-bond acceptors (Lipinski definition) is 7. The number of amides is 2. The van der Waals surface area contributed by atoms with Gasteiger partial charge in [-0.25, -0.2) is 0 Å². The Morgan fingerprint density at radius 2 is 1.82 bits per heavy atom. The number of nitrogens with zero attached hydrogens (tertiary/aromatic N) is 3. The Morgan fingerprint density at radius 1 is 1.06 bits per heavy atom. The van der Waals surface area contributed by atoms with Crippen molar-refractivity contribution in [2.75, 3.05) is 6.79 Å². The number of benzene rings is 2. The first kappa shape index (κ1) is 22.3. The molecule has 2 amide bonds. The number of primary amides is 1. The zero-order valence-corrected chi connectivity index (χ0v) is 19.5. The summed E-state index contributed by atoms with van der Waals surface area (Å²) in [4.78, 5) is 29.1. The van der Waals surface area contributed by atoms with Crippen LogP contribution >= 0.6 is 11.7 Å². The van der Waals surface area contributed by atoms with Crippen molar-refractivity contribution < 1.29 is 19.1 Å². The Morgan fingerprint density at radius 3 is 2.53 bits per heavy atom. The number of carbonyl (C=O) groups excluding carboxylic acids is 2. The van der Waals surface area contributed by atoms with Crippen LogP contribution < -0.4 is 15.2 Å². The Hall–Kier alpha value is -3.46. The van der Waals surface area contributed by atoms with E-state index in [-0.39, 0.29) is 30.9 Å². The molecular weight excluding hydrogens is 452 g/mol. The monoisotopic (exact) mass is 478 g/mol. The van der Waals surface area contributed by atoms with Gasteiger partial charge in [0.15, 0.2) is 17.2 Å².